The molecule has 2 unspecified atom stereocenters. The molecule has 4 nitrogen and oxygen atoms in total. The van der Waals surface area contributed by atoms with E-state index in [2.05, 4.69) is 19.8 Å². The van der Waals surface area contributed by atoms with Gasteiger partial charge in [0.25, 0.3) is 0 Å². The van der Waals surface area contributed by atoms with Crippen molar-refractivity contribution in [3.63, 3.8) is 0 Å². The van der Waals surface area contributed by atoms with E-state index in [0.717, 1.165) is 29.1 Å². The van der Waals surface area contributed by atoms with Crippen LogP contribution in [-0.4, -0.2) is 34.6 Å². The summed E-state index contributed by atoms with van der Waals surface area (Å²) in [6.45, 7) is 3.51. The Balaban J connectivity index is 1.64. The molecule has 0 aromatic carbocycles. The zero-order valence-corrected chi connectivity index (χ0v) is 10.5. The largest absolute Gasteiger partial charge is 0.377 e. The molecule has 2 atom stereocenters. The lowest BCUT2D eigenvalue weighted by Gasteiger charge is -2.15. The van der Waals surface area contributed by atoms with Gasteiger partial charge in [0.15, 0.2) is 0 Å². The molecular formula is C11H18N4S. The third-order valence-electron chi connectivity index (χ3n) is 3.96. The fourth-order valence-corrected chi connectivity index (χ4v) is 3.70. The first-order valence-electron chi connectivity index (χ1n) is 6.08. The first kappa shape index (κ1) is 10.5. The first-order chi connectivity index (χ1) is 7.86. The van der Waals surface area contributed by atoms with Crippen LogP contribution in [0, 0.1) is 11.8 Å². The number of fused-ring (bicyclic) bond motifs is 1. The molecule has 0 amide bonds. The van der Waals surface area contributed by atoms with Crippen LogP contribution in [0.15, 0.2) is 0 Å². The van der Waals surface area contributed by atoms with E-state index in [-0.39, 0.29) is 0 Å². The molecule has 88 valence electrons. The maximum atomic E-state index is 4.21. The highest BCUT2D eigenvalue weighted by molar-refractivity contribution is 7.10. The Hall–Kier alpha value is -0.680. The summed E-state index contributed by atoms with van der Waals surface area (Å²) >= 11 is 1.46. The highest BCUT2D eigenvalue weighted by Crippen LogP contribution is 2.38. The highest BCUT2D eigenvalue weighted by atomic mass is 32.1. The van der Waals surface area contributed by atoms with Gasteiger partial charge in [-0.3, -0.25) is 4.90 Å². The standard InChI is InChI=1S/C11H18N4S/c1-12-11-10(13-14-16-11)7-15-5-8-3-2-4-9(8)6-15/h8-9,12H,2-7H2,1H3. The quantitative estimate of drug-likeness (QED) is 0.872. The smallest absolute Gasteiger partial charge is 0.134 e. The summed E-state index contributed by atoms with van der Waals surface area (Å²) in [7, 11) is 1.94. The van der Waals surface area contributed by atoms with E-state index in [1.165, 1.54) is 43.9 Å². The lowest BCUT2D eigenvalue weighted by molar-refractivity contribution is 0.300. The van der Waals surface area contributed by atoms with Gasteiger partial charge in [-0.2, -0.15) is 0 Å². The van der Waals surface area contributed by atoms with E-state index in [1.54, 1.807) is 0 Å². The zero-order chi connectivity index (χ0) is 11.0. The Morgan fingerprint density at radius 2 is 2.12 bits per heavy atom. The number of rotatable bonds is 3. The monoisotopic (exact) mass is 238 g/mol. The van der Waals surface area contributed by atoms with Gasteiger partial charge in [-0.05, 0) is 24.7 Å². The van der Waals surface area contributed by atoms with Gasteiger partial charge in [-0.1, -0.05) is 10.9 Å². The number of aromatic nitrogens is 2. The van der Waals surface area contributed by atoms with Crippen molar-refractivity contribution >= 4 is 16.5 Å². The van der Waals surface area contributed by atoms with E-state index in [4.69, 9.17) is 0 Å². The highest BCUT2D eigenvalue weighted by Gasteiger charge is 2.36. The molecule has 16 heavy (non-hydrogen) atoms. The Morgan fingerprint density at radius 3 is 2.81 bits per heavy atom. The number of hydrogen-bond donors (Lipinski definition) is 1. The van der Waals surface area contributed by atoms with Crippen molar-refractivity contribution in [3.8, 4) is 0 Å². The summed E-state index contributed by atoms with van der Waals surface area (Å²) < 4.78 is 4.01. The predicted molar refractivity (Wildman–Crippen MR) is 65.6 cm³/mol. The van der Waals surface area contributed by atoms with Crippen LogP contribution in [0.1, 0.15) is 25.0 Å². The Kier molecular flexibility index (Phi) is 2.81. The van der Waals surface area contributed by atoms with Crippen molar-refractivity contribution in [2.75, 3.05) is 25.5 Å². The van der Waals surface area contributed by atoms with Crippen LogP contribution in [-0.2, 0) is 6.54 Å². The van der Waals surface area contributed by atoms with E-state index < -0.39 is 0 Å². The third-order valence-corrected chi connectivity index (χ3v) is 4.74. The molecule has 2 fully saturated rings. The van der Waals surface area contributed by atoms with Crippen LogP contribution >= 0.6 is 11.5 Å². The number of likely N-dealkylation sites (tertiary alicyclic amines) is 1. The lowest BCUT2D eigenvalue weighted by Crippen LogP contribution is -2.21. The van der Waals surface area contributed by atoms with Crippen molar-refractivity contribution < 1.29 is 0 Å². The molecule has 2 aliphatic rings. The molecule has 2 heterocycles. The average Bonchev–Trinajstić information content (AvgIpc) is 2.92. The van der Waals surface area contributed by atoms with Gasteiger partial charge < -0.3 is 5.32 Å². The summed E-state index contributed by atoms with van der Waals surface area (Å²) in [6, 6.07) is 0. The number of anilines is 1. The molecule has 1 aliphatic heterocycles. The topological polar surface area (TPSA) is 41.1 Å². The van der Waals surface area contributed by atoms with Crippen LogP contribution in [0.5, 0.6) is 0 Å². The number of nitrogens with one attached hydrogen (secondary N) is 1. The SMILES string of the molecule is CNc1snnc1CN1CC2CCCC2C1. The van der Waals surface area contributed by atoms with Gasteiger partial charge >= 0.3 is 0 Å². The van der Waals surface area contributed by atoms with Crippen molar-refractivity contribution in [2.45, 2.75) is 25.8 Å². The van der Waals surface area contributed by atoms with Crippen molar-refractivity contribution in [3.05, 3.63) is 5.69 Å². The van der Waals surface area contributed by atoms with E-state index in [0.29, 0.717) is 0 Å². The molecule has 1 saturated heterocycles. The predicted octanol–water partition coefficient (Wildman–Crippen LogP) is 1.81. The molecule has 0 spiro atoms. The van der Waals surface area contributed by atoms with Crippen molar-refractivity contribution in [2.24, 2.45) is 11.8 Å². The molecular weight excluding hydrogens is 220 g/mol. The third kappa shape index (κ3) is 1.82. The molecule has 5 heteroatoms. The second-order valence-corrected chi connectivity index (χ2v) is 5.70. The van der Waals surface area contributed by atoms with E-state index in [9.17, 15) is 0 Å². The summed E-state index contributed by atoms with van der Waals surface area (Å²) in [5, 5.41) is 8.50. The summed E-state index contributed by atoms with van der Waals surface area (Å²) in [5.74, 6) is 1.93. The van der Waals surface area contributed by atoms with Crippen LogP contribution in [0.3, 0.4) is 0 Å². The second kappa shape index (κ2) is 4.30. The Morgan fingerprint density at radius 1 is 1.38 bits per heavy atom. The fourth-order valence-electron chi connectivity index (χ4n) is 3.18. The van der Waals surface area contributed by atoms with Crippen molar-refractivity contribution in [1.82, 2.24) is 14.5 Å². The molecule has 1 aliphatic carbocycles. The first-order valence-corrected chi connectivity index (χ1v) is 6.85. The zero-order valence-electron chi connectivity index (χ0n) is 9.65. The van der Waals surface area contributed by atoms with Gasteiger partial charge in [0, 0.05) is 38.2 Å². The molecule has 1 aromatic heterocycles. The summed E-state index contributed by atoms with van der Waals surface area (Å²) in [4.78, 5) is 2.55. The number of nitrogens with zero attached hydrogens (tertiary/aromatic N) is 3. The van der Waals surface area contributed by atoms with Crippen LogP contribution in [0.4, 0.5) is 5.00 Å². The molecule has 0 radical (unpaired) electrons. The second-order valence-electron chi connectivity index (χ2n) is 4.94. The number of hydrogen-bond acceptors (Lipinski definition) is 5. The summed E-state index contributed by atoms with van der Waals surface area (Å²) in [5.41, 5.74) is 1.12. The minimum atomic E-state index is 0.963. The van der Waals surface area contributed by atoms with E-state index >= 15 is 0 Å². The molecule has 0 bridgehead atoms. The molecule has 1 N–H and O–H groups in total. The van der Waals surface area contributed by atoms with Gasteiger partial charge in [0.2, 0.25) is 0 Å². The maximum Gasteiger partial charge on any atom is 0.134 e. The van der Waals surface area contributed by atoms with Crippen LogP contribution in [0.2, 0.25) is 0 Å². The Labute approximate surface area is 100 Å². The van der Waals surface area contributed by atoms with Crippen LogP contribution in [0.25, 0.3) is 0 Å². The maximum absolute atomic E-state index is 4.21. The Bertz CT molecular complexity index is 353. The molecule has 1 aromatic rings. The minimum absolute atomic E-state index is 0.963. The van der Waals surface area contributed by atoms with Gasteiger partial charge in [-0.25, -0.2) is 0 Å². The lowest BCUT2D eigenvalue weighted by atomic mass is 10.0. The van der Waals surface area contributed by atoms with Gasteiger partial charge in [0.05, 0.1) is 0 Å². The average molecular weight is 238 g/mol. The normalized spacial score (nSPS) is 29.6. The van der Waals surface area contributed by atoms with E-state index in [1.807, 2.05) is 7.05 Å². The summed E-state index contributed by atoms with van der Waals surface area (Å²) in [6.07, 6.45) is 4.33. The molecule has 1 saturated carbocycles. The minimum Gasteiger partial charge on any atom is -0.377 e. The molecule has 3 rings (SSSR count). The fraction of sp³-hybridized carbons (Fsp3) is 0.818. The van der Waals surface area contributed by atoms with Gasteiger partial charge in [0.1, 0.15) is 10.7 Å². The van der Waals surface area contributed by atoms with Crippen LogP contribution < -0.4 is 5.32 Å². The van der Waals surface area contributed by atoms with Crippen molar-refractivity contribution in [1.29, 1.82) is 0 Å². The van der Waals surface area contributed by atoms with Gasteiger partial charge in [-0.15, -0.1) is 5.10 Å².